The van der Waals surface area contributed by atoms with Gasteiger partial charge in [0.1, 0.15) is 5.75 Å². The third kappa shape index (κ3) is 4.04. The Kier molecular flexibility index (Phi) is 4.98. The first-order chi connectivity index (χ1) is 8.81. The molecular formula is C15H15O3W-. The molecule has 3 nitrogen and oxygen atoms in total. The minimum absolute atomic E-state index is 0. The third-order valence-corrected chi connectivity index (χ3v) is 2.89. The fraction of sp³-hybridized carbons (Fsp3) is 0.267. The first-order valence-corrected chi connectivity index (χ1v) is 6.01. The Balaban J connectivity index is 0.00000133. The smallest absolute Gasteiger partial charge is 0.189 e. The molecule has 0 saturated carbocycles. The van der Waals surface area contributed by atoms with E-state index in [1.165, 1.54) is 16.3 Å². The van der Waals surface area contributed by atoms with Crippen molar-refractivity contribution in [1.29, 1.82) is 0 Å². The first-order valence-electron chi connectivity index (χ1n) is 6.01. The molecule has 0 aromatic heterocycles. The summed E-state index contributed by atoms with van der Waals surface area (Å²) in [5.41, 5.74) is 1.26. The van der Waals surface area contributed by atoms with Crippen molar-refractivity contribution in [1.82, 2.24) is 0 Å². The van der Waals surface area contributed by atoms with Crippen molar-refractivity contribution in [2.45, 2.75) is 13.0 Å². The van der Waals surface area contributed by atoms with Gasteiger partial charge in [0.2, 0.25) is 0 Å². The number of benzene rings is 2. The Morgan fingerprint density at radius 3 is 2.68 bits per heavy atom. The molecule has 1 heterocycles. The molecule has 1 aliphatic heterocycles. The van der Waals surface area contributed by atoms with Gasteiger partial charge in [-0.3, -0.25) is 0 Å². The molecule has 2 aromatic rings. The Morgan fingerprint density at radius 1 is 1.16 bits per heavy atom. The molecule has 1 saturated heterocycles. The molecule has 3 rings (SSSR count). The molecule has 0 spiro atoms. The number of ether oxygens (including phenoxy) is 3. The van der Waals surface area contributed by atoms with Crippen LogP contribution in [0, 0.1) is 13.5 Å². The minimum Gasteiger partial charge on any atom is -0.568 e. The Morgan fingerprint density at radius 2 is 1.89 bits per heavy atom. The average Bonchev–Trinajstić information content (AvgIpc) is 3.19. The summed E-state index contributed by atoms with van der Waals surface area (Å²) in [6.07, 6.45) is 0.160. The van der Waals surface area contributed by atoms with Crippen LogP contribution in [0.3, 0.4) is 0 Å². The zero-order valence-electron chi connectivity index (χ0n) is 10.7. The summed E-state index contributed by atoms with van der Waals surface area (Å²) in [5.74, 6) is 0.826. The van der Waals surface area contributed by atoms with E-state index in [4.69, 9.17) is 14.2 Å². The van der Waals surface area contributed by atoms with E-state index in [-0.39, 0.29) is 34.0 Å². The van der Waals surface area contributed by atoms with Gasteiger partial charge in [-0.2, -0.15) is 6.61 Å². The second kappa shape index (κ2) is 6.51. The van der Waals surface area contributed by atoms with Crippen LogP contribution >= 0.6 is 0 Å². The SMILES string of the molecule is Cc1ccc2cc(OCOCC3[CH-]O3)ccc2c1.[W]. The minimum atomic E-state index is 0. The number of fused-ring (bicyclic) bond motifs is 1. The number of rotatable bonds is 5. The molecule has 1 atom stereocenters. The maximum atomic E-state index is 5.53. The summed E-state index contributed by atoms with van der Waals surface area (Å²) < 4.78 is 15.8. The second-order valence-electron chi connectivity index (χ2n) is 4.46. The molecule has 1 fully saturated rings. The molecule has 0 amide bonds. The zero-order chi connectivity index (χ0) is 12.4. The van der Waals surface area contributed by atoms with Crippen molar-refractivity contribution in [2.24, 2.45) is 0 Å². The van der Waals surface area contributed by atoms with Crippen molar-refractivity contribution in [3.8, 4) is 5.75 Å². The predicted molar refractivity (Wildman–Crippen MR) is 69.3 cm³/mol. The van der Waals surface area contributed by atoms with Gasteiger partial charge in [0.15, 0.2) is 6.79 Å². The van der Waals surface area contributed by atoms with Crippen LogP contribution in [0.15, 0.2) is 36.4 Å². The quantitative estimate of drug-likeness (QED) is 0.318. The van der Waals surface area contributed by atoms with Gasteiger partial charge in [-0.05, 0) is 29.8 Å². The molecule has 4 heteroatoms. The van der Waals surface area contributed by atoms with Crippen LogP contribution < -0.4 is 4.74 Å². The van der Waals surface area contributed by atoms with Crippen LogP contribution in [-0.4, -0.2) is 19.5 Å². The van der Waals surface area contributed by atoms with Crippen molar-refractivity contribution in [3.05, 3.63) is 48.6 Å². The van der Waals surface area contributed by atoms with Gasteiger partial charge in [-0.15, -0.1) is 0 Å². The Bertz CT molecular complexity index is 552. The summed E-state index contributed by atoms with van der Waals surface area (Å²) in [6, 6.07) is 12.4. The maximum Gasteiger partial charge on any atom is 0.189 e. The number of hydrogen-bond donors (Lipinski definition) is 0. The van der Waals surface area contributed by atoms with Gasteiger partial charge in [-0.1, -0.05) is 35.9 Å². The summed E-state index contributed by atoms with van der Waals surface area (Å²) in [4.78, 5) is 0. The molecule has 19 heavy (non-hydrogen) atoms. The Hall–Kier alpha value is -0.892. The van der Waals surface area contributed by atoms with Crippen molar-refractivity contribution >= 4 is 10.8 Å². The molecule has 1 aliphatic rings. The van der Waals surface area contributed by atoms with Gasteiger partial charge < -0.3 is 14.2 Å². The standard InChI is InChI=1S/C15H15O3.W/c1-11-2-3-13-7-14(5-4-12(13)6-11)18-10-16-8-15-9-17-15;/h2-7,9,15H,8,10H2,1H3;/q-1;. The van der Waals surface area contributed by atoms with Gasteiger partial charge in [0.05, 0.1) is 0 Å². The van der Waals surface area contributed by atoms with E-state index in [0.29, 0.717) is 6.61 Å². The van der Waals surface area contributed by atoms with E-state index >= 15 is 0 Å². The van der Waals surface area contributed by atoms with Crippen LogP contribution in [0.1, 0.15) is 5.56 Å². The van der Waals surface area contributed by atoms with Crippen molar-refractivity contribution in [3.63, 3.8) is 0 Å². The third-order valence-electron chi connectivity index (χ3n) is 2.89. The molecule has 0 radical (unpaired) electrons. The normalized spacial score (nSPS) is 17.0. The summed E-state index contributed by atoms with van der Waals surface area (Å²) in [6.45, 7) is 4.66. The van der Waals surface area contributed by atoms with Crippen LogP contribution in [0.2, 0.25) is 0 Å². The predicted octanol–water partition coefficient (Wildman–Crippen LogP) is 3.06. The van der Waals surface area contributed by atoms with Crippen LogP contribution in [0.5, 0.6) is 5.75 Å². The van der Waals surface area contributed by atoms with Gasteiger partial charge in [0, 0.05) is 27.7 Å². The van der Waals surface area contributed by atoms with Gasteiger partial charge >= 0.3 is 0 Å². The van der Waals surface area contributed by atoms with E-state index in [1.54, 1.807) is 6.61 Å². The van der Waals surface area contributed by atoms with Crippen LogP contribution in [0.4, 0.5) is 0 Å². The fourth-order valence-electron chi connectivity index (χ4n) is 1.84. The first kappa shape index (κ1) is 14.5. The summed E-state index contributed by atoms with van der Waals surface area (Å²) >= 11 is 0. The second-order valence-corrected chi connectivity index (χ2v) is 4.46. The molecule has 0 bridgehead atoms. The number of epoxide rings is 1. The van der Waals surface area contributed by atoms with Crippen LogP contribution in [-0.2, 0) is 30.5 Å². The van der Waals surface area contributed by atoms with E-state index < -0.39 is 0 Å². The number of hydrogen-bond acceptors (Lipinski definition) is 3. The van der Waals surface area contributed by atoms with E-state index in [9.17, 15) is 0 Å². The fourth-order valence-corrected chi connectivity index (χ4v) is 1.84. The van der Waals surface area contributed by atoms with Crippen molar-refractivity contribution in [2.75, 3.05) is 13.4 Å². The molecule has 2 aromatic carbocycles. The van der Waals surface area contributed by atoms with Crippen LogP contribution in [0.25, 0.3) is 10.8 Å². The van der Waals surface area contributed by atoms with E-state index in [1.807, 2.05) is 12.1 Å². The molecular weight excluding hydrogens is 412 g/mol. The summed E-state index contributed by atoms with van der Waals surface area (Å²) in [5, 5.41) is 2.40. The zero-order valence-corrected chi connectivity index (χ0v) is 13.6. The van der Waals surface area contributed by atoms with Gasteiger partial charge in [0.25, 0.3) is 0 Å². The monoisotopic (exact) mass is 427 g/mol. The van der Waals surface area contributed by atoms with E-state index in [2.05, 4.69) is 31.2 Å². The largest absolute Gasteiger partial charge is 0.568 e. The molecule has 0 aliphatic carbocycles. The molecule has 0 N–H and O–H groups in total. The van der Waals surface area contributed by atoms with Gasteiger partial charge in [-0.25, -0.2) is 0 Å². The number of aryl methyl sites for hydroxylation is 1. The van der Waals surface area contributed by atoms with Crippen molar-refractivity contribution < 1.29 is 35.3 Å². The maximum absolute atomic E-state index is 5.53. The molecule has 1 unspecified atom stereocenters. The summed E-state index contributed by atoms with van der Waals surface area (Å²) in [7, 11) is 0. The molecule has 100 valence electrons. The van der Waals surface area contributed by atoms with E-state index in [0.717, 1.165) is 5.75 Å². The topological polar surface area (TPSA) is 31.0 Å². The Labute approximate surface area is 127 Å². The average molecular weight is 427 g/mol.